The molecule has 1 amide bonds. The maximum Gasteiger partial charge on any atom is 0.333 e. The number of nitrogens with one attached hydrogen (secondary N) is 1. The number of rotatable bonds is 9. The zero-order valence-corrected chi connectivity index (χ0v) is 12.0. The number of unbranched alkanes of at least 4 members (excludes halogenated alkanes) is 1. The van der Waals surface area contributed by atoms with Gasteiger partial charge in [0.05, 0.1) is 6.61 Å². The second kappa shape index (κ2) is 9.30. The van der Waals surface area contributed by atoms with E-state index in [1.165, 1.54) is 0 Å². The van der Waals surface area contributed by atoms with Gasteiger partial charge in [0.25, 0.3) is 5.91 Å². The zero-order chi connectivity index (χ0) is 14.8. The molecule has 0 aliphatic heterocycles. The fourth-order valence-corrected chi connectivity index (χ4v) is 1.20. The van der Waals surface area contributed by atoms with Crippen LogP contribution in [-0.2, 0) is 19.1 Å². The lowest BCUT2D eigenvalue weighted by Gasteiger charge is -2.10. The molecule has 1 unspecified atom stereocenters. The van der Waals surface area contributed by atoms with E-state index in [-0.39, 0.29) is 19.1 Å². The zero-order valence-electron chi connectivity index (χ0n) is 12.0. The van der Waals surface area contributed by atoms with E-state index in [0.717, 1.165) is 6.42 Å². The highest BCUT2D eigenvalue weighted by atomic mass is 16.5. The Labute approximate surface area is 114 Å². The smallest absolute Gasteiger partial charge is 0.333 e. The van der Waals surface area contributed by atoms with Gasteiger partial charge >= 0.3 is 5.97 Å². The third kappa shape index (κ3) is 8.13. The molecule has 0 aromatic rings. The number of carbonyl (C=O) groups excluding carboxylic acids is 3. The molecular formula is C14H23NO4. The van der Waals surface area contributed by atoms with Gasteiger partial charge in [-0.2, -0.15) is 0 Å². The van der Waals surface area contributed by atoms with Gasteiger partial charge in [0.2, 0.25) is 5.78 Å². The summed E-state index contributed by atoms with van der Waals surface area (Å²) in [4.78, 5) is 33.9. The second-order valence-electron chi connectivity index (χ2n) is 4.58. The summed E-state index contributed by atoms with van der Waals surface area (Å²) in [5.41, 5.74) is 0.351. The summed E-state index contributed by atoms with van der Waals surface area (Å²) >= 11 is 0. The van der Waals surface area contributed by atoms with Gasteiger partial charge in [-0.15, -0.1) is 0 Å². The van der Waals surface area contributed by atoms with Crippen molar-refractivity contribution in [3.05, 3.63) is 12.2 Å². The molecule has 0 aromatic carbocycles. The Balaban J connectivity index is 3.72. The molecule has 0 aromatic heterocycles. The Kier molecular flexibility index (Phi) is 8.49. The number of hydrogen-bond donors (Lipinski definition) is 1. The van der Waals surface area contributed by atoms with Crippen LogP contribution in [0, 0.1) is 0 Å². The Hall–Kier alpha value is -1.65. The van der Waals surface area contributed by atoms with Crippen molar-refractivity contribution in [1.82, 2.24) is 5.32 Å². The second-order valence-corrected chi connectivity index (χ2v) is 4.58. The fourth-order valence-electron chi connectivity index (χ4n) is 1.20. The number of amides is 1. The molecule has 0 aliphatic rings. The first-order valence-corrected chi connectivity index (χ1v) is 6.54. The van der Waals surface area contributed by atoms with Gasteiger partial charge in [-0.05, 0) is 33.1 Å². The molecular weight excluding hydrogens is 246 g/mol. The first kappa shape index (κ1) is 17.4. The van der Waals surface area contributed by atoms with Crippen molar-refractivity contribution in [2.45, 2.75) is 52.5 Å². The molecule has 108 valence electrons. The fraction of sp³-hybridized carbons (Fsp3) is 0.643. The Bertz CT molecular complexity index is 349. The molecule has 19 heavy (non-hydrogen) atoms. The van der Waals surface area contributed by atoms with E-state index in [1.54, 1.807) is 6.92 Å². The van der Waals surface area contributed by atoms with Crippen molar-refractivity contribution in [3.8, 4) is 0 Å². The van der Waals surface area contributed by atoms with Gasteiger partial charge in [-0.1, -0.05) is 13.5 Å². The molecule has 0 saturated carbocycles. The summed E-state index contributed by atoms with van der Waals surface area (Å²) in [6, 6.07) is 0.00738. The van der Waals surface area contributed by atoms with E-state index >= 15 is 0 Å². The van der Waals surface area contributed by atoms with Crippen molar-refractivity contribution < 1.29 is 19.1 Å². The lowest BCUT2D eigenvalue weighted by atomic mass is 10.1. The number of esters is 1. The number of ether oxygens (including phenoxy) is 1. The minimum absolute atomic E-state index is 0.00738. The summed E-state index contributed by atoms with van der Waals surface area (Å²) in [6.45, 7) is 9.06. The quantitative estimate of drug-likeness (QED) is 0.299. The van der Waals surface area contributed by atoms with Crippen LogP contribution in [-0.4, -0.2) is 30.3 Å². The standard InChI is InChI=1S/C14H23NO4/c1-5-11(4)15-13(17)12(16)8-6-7-9-19-14(18)10(2)3/h11H,2,5-9H2,1,3-4H3,(H,15,17). The van der Waals surface area contributed by atoms with E-state index in [2.05, 4.69) is 11.9 Å². The van der Waals surface area contributed by atoms with Crippen LogP contribution in [0.4, 0.5) is 0 Å². The third-order valence-corrected chi connectivity index (χ3v) is 2.62. The summed E-state index contributed by atoms with van der Waals surface area (Å²) in [7, 11) is 0. The predicted octanol–water partition coefficient (Wildman–Crippen LogP) is 1.76. The lowest BCUT2D eigenvalue weighted by Crippen LogP contribution is -2.37. The molecule has 0 saturated heterocycles. The van der Waals surface area contributed by atoms with E-state index in [1.807, 2.05) is 13.8 Å². The van der Waals surface area contributed by atoms with E-state index in [0.29, 0.717) is 18.4 Å². The van der Waals surface area contributed by atoms with Crippen LogP contribution in [0.2, 0.25) is 0 Å². The molecule has 0 heterocycles. The van der Waals surface area contributed by atoms with Crippen molar-refractivity contribution in [2.75, 3.05) is 6.61 Å². The number of Topliss-reactive ketones (excluding diaryl/α,β-unsaturated/α-hetero) is 1. The van der Waals surface area contributed by atoms with Crippen LogP contribution in [0.3, 0.4) is 0 Å². The maximum atomic E-state index is 11.5. The summed E-state index contributed by atoms with van der Waals surface area (Å²) < 4.78 is 4.88. The van der Waals surface area contributed by atoms with Gasteiger partial charge in [-0.25, -0.2) is 4.79 Å². The summed E-state index contributed by atoms with van der Waals surface area (Å²) in [5.74, 6) is -1.39. The molecule has 0 aliphatic carbocycles. The van der Waals surface area contributed by atoms with Crippen LogP contribution in [0.25, 0.3) is 0 Å². The molecule has 5 nitrogen and oxygen atoms in total. The number of ketones is 1. The third-order valence-electron chi connectivity index (χ3n) is 2.62. The van der Waals surface area contributed by atoms with Crippen molar-refractivity contribution >= 4 is 17.7 Å². The maximum absolute atomic E-state index is 11.5. The Morgan fingerprint density at radius 3 is 2.42 bits per heavy atom. The Morgan fingerprint density at radius 2 is 1.89 bits per heavy atom. The van der Waals surface area contributed by atoms with E-state index < -0.39 is 17.7 Å². The van der Waals surface area contributed by atoms with Gasteiger partial charge in [-0.3, -0.25) is 9.59 Å². The summed E-state index contributed by atoms with van der Waals surface area (Å²) in [5, 5.41) is 2.62. The molecule has 0 bridgehead atoms. The average molecular weight is 269 g/mol. The minimum atomic E-state index is -0.534. The molecule has 5 heteroatoms. The van der Waals surface area contributed by atoms with E-state index in [4.69, 9.17) is 4.74 Å². The molecule has 1 N–H and O–H groups in total. The molecule has 1 atom stereocenters. The normalized spacial score (nSPS) is 11.5. The SMILES string of the molecule is C=C(C)C(=O)OCCCCC(=O)C(=O)NC(C)CC. The van der Waals surface area contributed by atoms with Gasteiger partial charge in [0.15, 0.2) is 0 Å². The van der Waals surface area contributed by atoms with Crippen LogP contribution in [0.5, 0.6) is 0 Å². The van der Waals surface area contributed by atoms with Crippen molar-refractivity contribution in [2.24, 2.45) is 0 Å². The molecule has 0 fully saturated rings. The van der Waals surface area contributed by atoms with Crippen LogP contribution < -0.4 is 5.32 Å². The Morgan fingerprint density at radius 1 is 1.26 bits per heavy atom. The van der Waals surface area contributed by atoms with Gasteiger partial charge in [0, 0.05) is 18.0 Å². The number of carbonyl (C=O) groups is 3. The predicted molar refractivity (Wildman–Crippen MR) is 72.5 cm³/mol. The average Bonchev–Trinajstić information content (AvgIpc) is 2.37. The van der Waals surface area contributed by atoms with Crippen LogP contribution in [0.15, 0.2) is 12.2 Å². The first-order chi connectivity index (χ1) is 8.88. The van der Waals surface area contributed by atoms with Crippen LogP contribution >= 0.6 is 0 Å². The van der Waals surface area contributed by atoms with Gasteiger partial charge < -0.3 is 10.1 Å². The largest absolute Gasteiger partial charge is 0.462 e. The molecule has 0 radical (unpaired) electrons. The topological polar surface area (TPSA) is 72.5 Å². The minimum Gasteiger partial charge on any atom is -0.462 e. The first-order valence-electron chi connectivity index (χ1n) is 6.54. The summed E-state index contributed by atoms with van der Waals surface area (Å²) in [6.07, 6.45) is 2.04. The van der Waals surface area contributed by atoms with Crippen molar-refractivity contribution in [3.63, 3.8) is 0 Å². The van der Waals surface area contributed by atoms with Gasteiger partial charge in [0.1, 0.15) is 0 Å². The highest BCUT2D eigenvalue weighted by molar-refractivity contribution is 6.36. The number of hydrogen-bond acceptors (Lipinski definition) is 4. The van der Waals surface area contributed by atoms with Crippen molar-refractivity contribution in [1.29, 1.82) is 0 Å². The monoisotopic (exact) mass is 269 g/mol. The van der Waals surface area contributed by atoms with Crippen LogP contribution in [0.1, 0.15) is 46.5 Å². The van der Waals surface area contributed by atoms with E-state index in [9.17, 15) is 14.4 Å². The molecule has 0 rings (SSSR count). The highest BCUT2D eigenvalue weighted by Gasteiger charge is 2.14. The highest BCUT2D eigenvalue weighted by Crippen LogP contribution is 2.00. The molecule has 0 spiro atoms. The lowest BCUT2D eigenvalue weighted by molar-refractivity contribution is -0.139.